The first-order valence-corrected chi connectivity index (χ1v) is 11.9. The highest BCUT2D eigenvalue weighted by Crippen LogP contribution is 2.34. The second kappa shape index (κ2) is 8.22. The molecular weight excluding hydrogens is 424 g/mol. The van der Waals surface area contributed by atoms with E-state index in [1.807, 2.05) is 52.2 Å². The Bertz CT molecular complexity index is 1320. The molecule has 1 unspecified atom stereocenters. The summed E-state index contributed by atoms with van der Waals surface area (Å²) in [6.45, 7) is 1.18. The molecule has 1 saturated carbocycles. The van der Waals surface area contributed by atoms with Crippen LogP contribution in [0.4, 0.5) is 0 Å². The van der Waals surface area contributed by atoms with E-state index in [0.29, 0.717) is 18.0 Å². The monoisotopic (exact) mass is 448 g/mol. The van der Waals surface area contributed by atoms with Crippen LogP contribution in [0.25, 0.3) is 10.8 Å². The van der Waals surface area contributed by atoms with Crippen LogP contribution in [-0.4, -0.2) is 35.9 Å². The first kappa shape index (κ1) is 19.8. The Labute approximate surface area is 189 Å². The summed E-state index contributed by atoms with van der Waals surface area (Å²) in [4.78, 5) is 15.1. The van der Waals surface area contributed by atoms with E-state index >= 15 is 0 Å². The second-order valence-corrected chi connectivity index (χ2v) is 9.60. The van der Waals surface area contributed by atoms with Gasteiger partial charge in [-0.3, -0.25) is 9.48 Å². The number of aromatic nitrogens is 6. The fraction of sp³-hybridized carbons (Fsp3) is 0.391. The highest BCUT2D eigenvalue weighted by atomic mass is 32.2. The van der Waals surface area contributed by atoms with Gasteiger partial charge in [0.25, 0.3) is 5.56 Å². The summed E-state index contributed by atoms with van der Waals surface area (Å²) in [5.41, 5.74) is 0.763. The average Bonchev–Trinajstić information content (AvgIpc) is 3.39. The molecule has 3 aromatic heterocycles. The minimum Gasteiger partial charge on any atom is -0.357 e. The molecule has 1 aromatic carbocycles. The Kier molecular flexibility index (Phi) is 5.07. The van der Waals surface area contributed by atoms with Crippen molar-refractivity contribution in [3.05, 3.63) is 65.1 Å². The molecular formula is C23H24N6O2S. The lowest BCUT2D eigenvalue weighted by molar-refractivity contribution is -0.0396. The number of rotatable bonds is 6. The van der Waals surface area contributed by atoms with Crippen molar-refractivity contribution in [2.24, 2.45) is 0 Å². The van der Waals surface area contributed by atoms with Crippen molar-refractivity contribution >= 4 is 22.5 Å². The van der Waals surface area contributed by atoms with Crippen LogP contribution < -0.4 is 5.56 Å². The van der Waals surface area contributed by atoms with Gasteiger partial charge in [-0.1, -0.05) is 11.8 Å². The van der Waals surface area contributed by atoms with Crippen molar-refractivity contribution in [1.29, 1.82) is 0 Å². The number of nitrogens with zero attached hydrogens (tertiary/aromatic N) is 6. The summed E-state index contributed by atoms with van der Waals surface area (Å²) in [6.07, 6.45) is 13.3. The highest BCUT2D eigenvalue weighted by Gasteiger charge is 2.24. The van der Waals surface area contributed by atoms with E-state index in [-0.39, 0.29) is 11.8 Å². The van der Waals surface area contributed by atoms with E-state index in [2.05, 4.69) is 15.3 Å². The normalized spacial score (nSPS) is 18.9. The molecule has 4 heterocycles. The van der Waals surface area contributed by atoms with Crippen LogP contribution in [0.2, 0.25) is 0 Å². The van der Waals surface area contributed by atoms with Crippen molar-refractivity contribution in [3.8, 4) is 0 Å². The zero-order valence-electron chi connectivity index (χ0n) is 17.6. The maximum absolute atomic E-state index is 13.0. The standard InChI is InChI=1S/C23H24N6O2S/c30-23-21-7-6-19(32-20-13-25-28(15-20)22-3-1-2-10-31-22)11-16(21)12-24-29(23)14-17-8-9-27(26-17)18-4-5-18/h6-9,11-13,15,18,22H,1-5,10,14H2. The smallest absolute Gasteiger partial charge is 0.274 e. The van der Waals surface area contributed by atoms with Crippen LogP contribution in [-0.2, 0) is 11.3 Å². The van der Waals surface area contributed by atoms with E-state index in [9.17, 15) is 4.79 Å². The van der Waals surface area contributed by atoms with Gasteiger partial charge in [0.1, 0.15) is 6.23 Å². The number of hydrogen-bond donors (Lipinski definition) is 0. The lowest BCUT2D eigenvalue weighted by Crippen LogP contribution is -2.23. The van der Waals surface area contributed by atoms with Gasteiger partial charge in [-0.15, -0.1) is 0 Å². The van der Waals surface area contributed by atoms with Crippen LogP contribution >= 0.6 is 11.8 Å². The lowest BCUT2D eigenvalue weighted by Gasteiger charge is -2.22. The molecule has 6 rings (SSSR count). The van der Waals surface area contributed by atoms with Gasteiger partial charge in [0.2, 0.25) is 0 Å². The molecule has 2 aliphatic rings. The summed E-state index contributed by atoms with van der Waals surface area (Å²) >= 11 is 1.62. The first-order chi connectivity index (χ1) is 15.7. The first-order valence-electron chi connectivity index (χ1n) is 11.1. The Morgan fingerprint density at radius 1 is 1.03 bits per heavy atom. The maximum atomic E-state index is 13.0. The summed E-state index contributed by atoms with van der Waals surface area (Å²) in [6, 6.07) is 8.37. The van der Waals surface area contributed by atoms with Crippen LogP contribution in [0.1, 0.15) is 50.1 Å². The quantitative estimate of drug-likeness (QED) is 0.443. The van der Waals surface area contributed by atoms with Gasteiger partial charge >= 0.3 is 0 Å². The largest absolute Gasteiger partial charge is 0.357 e. The molecule has 1 saturated heterocycles. The lowest BCUT2D eigenvalue weighted by atomic mass is 10.2. The molecule has 0 radical (unpaired) electrons. The number of ether oxygens (including phenoxy) is 1. The Morgan fingerprint density at radius 2 is 1.97 bits per heavy atom. The molecule has 9 heteroatoms. The fourth-order valence-corrected chi connectivity index (χ4v) is 4.95. The van der Waals surface area contributed by atoms with Gasteiger partial charge in [0, 0.05) is 29.3 Å². The molecule has 0 amide bonds. The van der Waals surface area contributed by atoms with Gasteiger partial charge in [-0.05, 0) is 56.4 Å². The van der Waals surface area contributed by atoms with E-state index in [1.54, 1.807) is 18.0 Å². The molecule has 1 aliphatic heterocycles. The average molecular weight is 449 g/mol. The summed E-state index contributed by atoms with van der Waals surface area (Å²) in [5.74, 6) is 0. The predicted molar refractivity (Wildman–Crippen MR) is 121 cm³/mol. The van der Waals surface area contributed by atoms with Crippen molar-refractivity contribution < 1.29 is 4.74 Å². The van der Waals surface area contributed by atoms with Crippen molar-refractivity contribution in [1.82, 2.24) is 29.3 Å². The van der Waals surface area contributed by atoms with E-state index in [4.69, 9.17) is 4.74 Å². The van der Waals surface area contributed by atoms with Gasteiger partial charge in [-0.25, -0.2) is 9.36 Å². The van der Waals surface area contributed by atoms with Crippen molar-refractivity contribution in [2.45, 2.75) is 60.7 Å². The molecule has 0 spiro atoms. The zero-order valence-corrected chi connectivity index (χ0v) is 18.4. The number of benzene rings is 1. The number of fused-ring (bicyclic) bond motifs is 1. The van der Waals surface area contributed by atoms with Gasteiger partial charge < -0.3 is 4.74 Å². The molecule has 32 heavy (non-hydrogen) atoms. The molecule has 164 valence electrons. The Hall–Kier alpha value is -2.91. The molecule has 8 nitrogen and oxygen atoms in total. The Morgan fingerprint density at radius 3 is 2.81 bits per heavy atom. The second-order valence-electron chi connectivity index (χ2n) is 8.45. The van der Waals surface area contributed by atoms with E-state index in [1.165, 1.54) is 23.9 Å². The SMILES string of the molecule is O=c1c2ccc(Sc3cnn(C4CCCCO4)c3)cc2cnn1Cc1ccn(C2CC2)n1. The molecule has 2 fully saturated rings. The van der Waals surface area contributed by atoms with Crippen LogP contribution in [0, 0.1) is 0 Å². The number of hydrogen-bond acceptors (Lipinski definition) is 6. The third kappa shape index (κ3) is 3.98. The third-order valence-electron chi connectivity index (χ3n) is 5.98. The minimum atomic E-state index is -0.0951. The predicted octanol–water partition coefficient (Wildman–Crippen LogP) is 4.02. The Balaban J connectivity index is 1.20. The van der Waals surface area contributed by atoms with Crippen molar-refractivity contribution in [2.75, 3.05) is 6.61 Å². The summed E-state index contributed by atoms with van der Waals surface area (Å²) in [7, 11) is 0. The molecule has 1 aliphatic carbocycles. The van der Waals surface area contributed by atoms with Crippen LogP contribution in [0.15, 0.2) is 63.6 Å². The topological polar surface area (TPSA) is 79.8 Å². The fourth-order valence-electron chi connectivity index (χ4n) is 4.10. The third-order valence-corrected chi connectivity index (χ3v) is 6.92. The molecule has 1 atom stereocenters. The summed E-state index contributed by atoms with van der Waals surface area (Å²) < 4.78 is 11.2. The zero-order chi connectivity index (χ0) is 21.5. The van der Waals surface area contributed by atoms with Crippen LogP contribution in [0.3, 0.4) is 0 Å². The van der Waals surface area contributed by atoms with E-state index < -0.39 is 0 Å². The van der Waals surface area contributed by atoms with Gasteiger partial charge in [-0.2, -0.15) is 15.3 Å². The van der Waals surface area contributed by atoms with Gasteiger partial charge in [0.15, 0.2) is 0 Å². The van der Waals surface area contributed by atoms with Crippen LogP contribution in [0.5, 0.6) is 0 Å². The van der Waals surface area contributed by atoms with Crippen molar-refractivity contribution in [3.63, 3.8) is 0 Å². The highest BCUT2D eigenvalue weighted by molar-refractivity contribution is 7.99. The molecule has 0 N–H and O–H groups in total. The molecule has 4 aromatic rings. The van der Waals surface area contributed by atoms with E-state index in [0.717, 1.165) is 40.3 Å². The molecule has 0 bridgehead atoms. The van der Waals surface area contributed by atoms with Gasteiger partial charge in [0.05, 0.1) is 41.0 Å². The summed E-state index contributed by atoms with van der Waals surface area (Å²) in [5, 5.41) is 15.0. The maximum Gasteiger partial charge on any atom is 0.274 e. The minimum absolute atomic E-state index is 0.0352.